The fourth-order valence-corrected chi connectivity index (χ4v) is 1.61. The third-order valence-corrected chi connectivity index (χ3v) is 3.00. The summed E-state index contributed by atoms with van der Waals surface area (Å²) in [6.45, 7) is 6.98. The largest absolute Gasteiger partial charge is 0.391 e. The van der Waals surface area contributed by atoms with Gasteiger partial charge in [0.1, 0.15) is 0 Å². The summed E-state index contributed by atoms with van der Waals surface area (Å²) >= 11 is 0. The van der Waals surface area contributed by atoms with Crippen molar-refractivity contribution in [2.75, 3.05) is 59.7 Å². The van der Waals surface area contributed by atoms with E-state index in [9.17, 15) is 0 Å². The first-order chi connectivity index (χ1) is 11.0. The Morgan fingerprint density at radius 2 is 1.43 bits per heavy atom. The molecule has 0 spiro atoms. The highest BCUT2D eigenvalue weighted by atomic mass is 17.4. The Bertz CT molecular complexity index is 256. The SMILES string of the molecule is COC(C)COCCN(CCOCC(C)O)CCN(OO)OO. The van der Waals surface area contributed by atoms with Crippen molar-refractivity contribution in [1.29, 1.82) is 0 Å². The fourth-order valence-electron chi connectivity index (χ4n) is 1.61. The molecule has 0 aromatic carbocycles. The van der Waals surface area contributed by atoms with E-state index in [0.717, 1.165) is 0 Å². The molecular formula is C13H30N2O8. The third kappa shape index (κ3) is 13.7. The Hall–Kier alpha value is -0.400. The Morgan fingerprint density at radius 3 is 1.91 bits per heavy atom. The Morgan fingerprint density at radius 1 is 0.870 bits per heavy atom. The molecule has 23 heavy (non-hydrogen) atoms. The Balaban J connectivity index is 4.04. The quantitative estimate of drug-likeness (QED) is 0.199. The summed E-state index contributed by atoms with van der Waals surface area (Å²) in [5, 5.41) is 26.6. The van der Waals surface area contributed by atoms with Crippen LogP contribution in [0.2, 0.25) is 0 Å². The zero-order valence-corrected chi connectivity index (χ0v) is 14.1. The van der Waals surface area contributed by atoms with E-state index in [0.29, 0.717) is 44.7 Å². The van der Waals surface area contributed by atoms with Crippen LogP contribution < -0.4 is 0 Å². The molecule has 0 aliphatic carbocycles. The summed E-state index contributed by atoms with van der Waals surface area (Å²) in [5.41, 5.74) is 0. The van der Waals surface area contributed by atoms with Crippen LogP contribution in [0.4, 0.5) is 0 Å². The van der Waals surface area contributed by atoms with Gasteiger partial charge in [0.2, 0.25) is 0 Å². The number of nitrogens with zero attached hydrogens (tertiary/aromatic N) is 2. The van der Waals surface area contributed by atoms with E-state index < -0.39 is 6.10 Å². The Labute approximate surface area is 136 Å². The maximum Gasteiger partial charge on any atom is 0.0776 e. The molecule has 0 radical (unpaired) electrons. The van der Waals surface area contributed by atoms with E-state index in [1.165, 1.54) is 0 Å². The van der Waals surface area contributed by atoms with Gasteiger partial charge in [0.15, 0.2) is 0 Å². The summed E-state index contributed by atoms with van der Waals surface area (Å²) in [4.78, 5) is 9.58. The fraction of sp³-hybridized carbons (Fsp3) is 1.00. The van der Waals surface area contributed by atoms with Gasteiger partial charge in [0.05, 0.1) is 45.2 Å². The maximum absolute atomic E-state index is 9.14. The molecule has 0 aromatic rings. The highest BCUT2D eigenvalue weighted by Gasteiger charge is 2.11. The highest BCUT2D eigenvalue weighted by Crippen LogP contribution is 1.96. The molecule has 10 nitrogen and oxygen atoms in total. The van der Waals surface area contributed by atoms with Gasteiger partial charge >= 0.3 is 0 Å². The molecule has 0 rings (SSSR count). The van der Waals surface area contributed by atoms with Gasteiger partial charge in [0, 0.05) is 26.7 Å². The average Bonchev–Trinajstić information content (AvgIpc) is 2.54. The lowest BCUT2D eigenvalue weighted by Gasteiger charge is -2.24. The minimum atomic E-state index is -0.511. The van der Waals surface area contributed by atoms with Crippen LogP contribution in [-0.4, -0.2) is 97.7 Å². The van der Waals surface area contributed by atoms with Gasteiger partial charge in [-0.3, -0.25) is 4.90 Å². The molecule has 0 saturated heterocycles. The molecule has 0 aliphatic rings. The summed E-state index contributed by atoms with van der Waals surface area (Å²) < 4.78 is 15.9. The molecule has 0 saturated carbocycles. The topological polar surface area (TPSA) is 113 Å². The summed E-state index contributed by atoms with van der Waals surface area (Å²) in [5.74, 6) is 0. The van der Waals surface area contributed by atoms with Crippen LogP contribution in [0.25, 0.3) is 0 Å². The lowest BCUT2D eigenvalue weighted by Crippen LogP contribution is -2.38. The third-order valence-electron chi connectivity index (χ3n) is 3.00. The predicted molar refractivity (Wildman–Crippen MR) is 80.4 cm³/mol. The van der Waals surface area contributed by atoms with Gasteiger partial charge < -0.3 is 19.3 Å². The zero-order valence-electron chi connectivity index (χ0n) is 14.1. The first kappa shape index (κ1) is 22.6. The normalized spacial score (nSPS) is 14.6. The van der Waals surface area contributed by atoms with Crippen LogP contribution in [0, 0.1) is 0 Å². The van der Waals surface area contributed by atoms with Crippen LogP contribution >= 0.6 is 0 Å². The van der Waals surface area contributed by atoms with E-state index >= 15 is 0 Å². The summed E-state index contributed by atoms with van der Waals surface area (Å²) in [7, 11) is 1.62. The van der Waals surface area contributed by atoms with E-state index in [2.05, 4.69) is 9.98 Å². The number of rotatable bonds is 16. The van der Waals surface area contributed by atoms with Crippen LogP contribution in [0.3, 0.4) is 0 Å². The van der Waals surface area contributed by atoms with Crippen molar-refractivity contribution >= 4 is 0 Å². The van der Waals surface area contributed by atoms with Gasteiger partial charge in [-0.1, -0.05) is 0 Å². The van der Waals surface area contributed by atoms with Crippen LogP contribution in [-0.2, 0) is 24.2 Å². The lowest BCUT2D eigenvalue weighted by molar-refractivity contribution is -0.583. The molecule has 140 valence electrons. The van der Waals surface area contributed by atoms with Crippen LogP contribution in [0.5, 0.6) is 0 Å². The lowest BCUT2D eigenvalue weighted by atomic mass is 10.4. The van der Waals surface area contributed by atoms with Gasteiger partial charge in [-0.2, -0.15) is 0 Å². The molecule has 0 amide bonds. The molecule has 0 fully saturated rings. The van der Waals surface area contributed by atoms with Gasteiger partial charge in [-0.15, -0.1) is 9.98 Å². The monoisotopic (exact) mass is 342 g/mol. The highest BCUT2D eigenvalue weighted by molar-refractivity contribution is 4.59. The first-order valence-electron chi connectivity index (χ1n) is 7.52. The standard InChI is InChI=1S/C13H30N2O8/c1-12(16)10-20-8-6-14(4-5-15(22-17)23-18)7-9-21-11-13(2)19-3/h12-13,16-18H,4-11H2,1-3H3. The molecule has 0 aliphatic heterocycles. The molecule has 3 N–H and O–H groups in total. The molecule has 0 heterocycles. The summed E-state index contributed by atoms with van der Waals surface area (Å²) in [6, 6.07) is 0. The first-order valence-corrected chi connectivity index (χ1v) is 7.52. The molecular weight excluding hydrogens is 312 g/mol. The van der Waals surface area contributed by atoms with Gasteiger partial charge in [0.25, 0.3) is 0 Å². The number of hydrogen-bond donors (Lipinski definition) is 3. The number of aliphatic hydroxyl groups is 1. The molecule has 2 atom stereocenters. The van der Waals surface area contributed by atoms with Crippen molar-refractivity contribution in [3.8, 4) is 0 Å². The molecule has 10 heteroatoms. The number of ether oxygens (including phenoxy) is 3. The predicted octanol–water partition coefficient (Wildman–Crippen LogP) is -0.151. The average molecular weight is 342 g/mol. The van der Waals surface area contributed by atoms with Crippen LogP contribution in [0.1, 0.15) is 13.8 Å². The van der Waals surface area contributed by atoms with Crippen LogP contribution in [0.15, 0.2) is 0 Å². The molecule has 0 bridgehead atoms. The van der Waals surface area contributed by atoms with E-state index in [-0.39, 0.29) is 19.3 Å². The number of hydrogen-bond acceptors (Lipinski definition) is 10. The zero-order chi connectivity index (χ0) is 17.5. The van der Waals surface area contributed by atoms with Gasteiger partial charge in [-0.25, -0.2) is 10.5 Å². The van der Waals surface area contributed by atoms with Crippen molar-refractivity contribution in [1.82, 2.24) is 10.1 Å². The van der Waals surface area contributed by atoms with Crippen molar-refractivity contribution < 1.29 is 39.8 Å². The smallest absolute Gasteiger partial charge is 0.0776 e. The minimum absolute atomic E-state index is 0.0268. The molecule has 2 unspecified atom stereocenters. The minimum Gasteiger partial charge on any atom is -0.391 e. The van der Waals surface area contributed by atoms with Crippen molar-refractivity contribution in [2.45, 2.75) is 26.1 Å². The number of aliphatic hydroxyl groups excluding tert-OH is 1. The van der Waals surface area contributed by atoms with Crippen molar-refractivity contribution in [3.63, 3.8) is 0 Å². The second-order valence-corrected chi connectivity index (χ2v) is 5.11. The van der Waals surface area contributed by atoms with Gasteiger partial charge in [-0.05, 0) is 19.1 Å². The van der Waals surface area contributed by atoms with Crippen molar-refractivity contribution in [3.05, 3.63) is 0 Å². The second kappa shape index (κ2) is 15.1. The van der Waals surface area contributed by atoms with E-state index in [4.69, 9.17) is 29.8 Å². The Kier molecular flexibility index (Phi) is 14.9. The summed E-state index contributed by atoms with van der Waals surface area (Å²) in [6.07, 6.45) is -0.484. The number of methoxy groups -OCH3 is 1. The second-order valence-electron chi connectivity index (χ2n) is 5.11. The maximum atomic E-state index is 9.14. The van der Waals surface area contributed by atoms with E-state index in [1.54, 1.807) is 14.0 Å². The van der Waals surface area contributed by atoms with Crippen molar-refractivity contribution in [2.24, 2.45) is 0 Å². The van der Waals surface area contributed by atoms with E-state index in [1.807, 2.05) is 11.8 Å². The molecule has 0 aromatic heterocycles. The number of hydroxylamine groups is 2.